The standard InChI is InChI=1S/C13H24N2O3Si/c1-13(2,3)17-12(16)15-8-10(7-14)11(9-15)18-19(4,5)6/h10-11H,8-9H2,1-6H3/t10-,11-/m1/s1. The predicted octanol–water partition coefficient (Wildman–Crippen LogP) is 2.60. The molecule has 1 amide bonds. The van der Waals surface area contributed by atoms with Crippen LogP contribution in [-0.4, -0.2) is 44.1 Å². The minimum atomic E-state index is -1.72. The van der Waals surface area contributed by atoms with E-state index in [1.54, 1.807) is 4.90 Å². The molecule has 1 saturated heterocycles. The average Bonchev–Trinajstić information content (AvgIpc) is 2.55. The third-order valence-corrected chi connectivity index (χ3v) is 3.60. The molecular weight excluding hydrogens is 260 g/mol. The van der Waals surface area contributed by atoms with Gasteiger partial charge in [-0.3, -0.25) is 0 Å². The summed E-state index contributed by atoms with van der Waals surface area (Å²) in [5.41, 5.74) is -0.517. The number of rotatable bonds is 2. The first kappa shape index (κ1) is 16.0. The van der Waals surface area contributed by atoms with E-state index < -0.39 is 13.9 Å². The lowest BCUT2D eigenvalue weighted by Crippen LogP contribution is -2.38. The van der Waals surface area contributed by atoms with Crippen LogP contribution < -0.4 is 0 Å². The number of ether oxygens (including phenoxy) is 1. The Hall–Kier alpha value is -1.06. The maximum absolute atomic E-state index is 12.0. The van der Waals surface area contributed by atoms with E-state index in [-0.39, 0.29) is 18.1 Å². The molecule has 0 aliphatic carbocycles. The number of nitrogens with zero attached hydrogens (tertiary/aromatic N) is 2. The second kappa shape index (κ2) is 5.51. The summed E-state index contributed by atoms with van der Waals surface area (Å²) in [5.74, 6) is -0.265. The molecule has 1 fully saturated rings. The summed E-state index contributed by atoms with van der Waals surface area (Å²) in [5, 5.41) is 9.17. The van der Waals surface area contributed by atoms with E-state index in [2.05, 4.69) is 25.7 Å². The third kappa shape index (κ3) is 5.21. The summed E-state index contributed by atoms with van der Waals surface area (Å²) < 4.78 is 11.3. The molecule has 0 N–H and O–H groups in total. The van der Waals surface area contributed by atoms with Gasteiger partial charge in [0.15, 0.2) is 8.32 Å². The van der Waals surface area contributed by atoms with Gasteiger partial charge in [0.2, 0.25) is 0 Å². The minimum absolute atomic E-state index is 0.191. The number of hydrogen-bond donors (Lipinski definition) is 0. The van der Waals surface area contributed by atoms with E-state index in [1.165, 1.54) is 0 Å². The van der Waals surface area contributed by atoms with Crippen LogP contribution in [-0.2, 0) is 9.16 Å². The highest BCUT2D eigenvalue weighted by Crippen LogP contribution is 2.24. The van der Waals surface area contributed by atoms with Gasteiger partial charge in [0.1, 0.15) is 5.60 Å². The van der Waals surface area contributed by atoms with Crippen molar-refractivity contribution in [1.82, 2.24) is 4.90 Å². The zero-order valence-corrected chi connectivity index (χ0v) is 13.7. The summed E-state index contributed by atoms with van der Waals surface area (Å²) in [6.07, 6.45) is -0.557. The van der Waals surface area contributed by atoms with Gasteiger partial charge in [-0.2, -0.15) is 5.26 Å². The molecular formula is C13H24N2O3Si. The van der Waals surface area contributed by atoms with Gasteiger partial charge in [-0.25, -0.2) is 4.79 Å². The second-order valence-corrected chi connectivity index (χ2v) is 11.4. The van der Waals surface area contributed by atoms with Crippen LogP contribution in [0.1, 0.15) is 20.8 Å². The van der Waals surface area contributed by atoms with Crippen molar-refractivity contribution >= 4 is 14.4 Å². The number of carbonyl (C=O) groups is 1. The lowest BCUT2D eigenvalue weighted by molar-refractivity contribution is 0.0273. The first-order valence-electron chi connectivity index (χ1n) is 6.57. The number of nitriles is 1. The highest BCUT2D eigenvalue weighted by molar-refractivity contribution is 6.69. The molecule has 6 heteroatoms. The number of carbonyl (C=O) groups excluding carboxylic acids is 1. The summed E-state index contributed by atoms with van der Waals surface area (Å²) in [6.45, 7) is 12.6. The van der Waals surface area contributed by atoms with Gasteiger partial charge in [-0.05, 0) is 40.4 Å². The third-order valence-electron chi connectivity index (χ3n) is 2.59. The first-order chi connectivity index (χ1) is 8.52. The topological polar surface area (TPSA) is 62.6 Å². The van der Waals surface area contributed by atoms with Gasteiger partial charge in [0, 0.05) is 6.54 Å². The molecule has 0 unspecified atom stereocenters. The van der Waals surface area contributed by atoms with Crippen LogP contribution in [0.3, 0.4) is 0 Å². The van der Waals surface area contributed by atoms with Crippen molar-refractivity contribution in [2.45, 2.75) is 52.1 Å². The van der Waals surface area contributed by atoms with Crippen LogP contribution in [0, 0.1) is 17.2 Å². The zero-order valence-electron chi connectivity index (χ0n) is 12.7. The van der Waals surface area contributed by atoms with Crippen molar-refractivity contribution < 1.29 is 14.0 Å². The molecule has 0 aromatic heterocycles. The summed E-state index contributed by atoms with van der Waals surface area (Å²) in [6, 6.07) is 2.23. The Labute approximate surface area is 116 Å². The minimum Gasteiger partial charge on any atom is -0.444 e. The van der Waals surface area contributed by atoms with Crippen LogP contribution in [0.4, 0.5) is 4.79 Å². The van der Waals surface area contributed by atoms with Gasteiger partial charge >= 0.3 is 6.09 Å². The smallest absolute Gasteiger partial charge is 0.410 e. The van der Waals surface area contributed by atoms with E-state index in [0.717, 1.165) is 0 Å². The Morgan fingerprint density at radius 2 is 1.89 bits per heavy atom. The summed E-state index contributed by atoms with van der Waals surface area (Å²) in [7, 11) is -1.72. The average molecular weight is 284 g/mol. The fourth-order valence-electron chi connectivity index (χ4n) is 1.95. The molecule has 1 aliphatic rings. The van der Waals surface area contributed by atoms with Gasteiger partial charge in [-0.1, -0.05) is 0 Å². The van der Waals surface area contributed by atoms with Crippen molar-refractivity contribution in [1.29, 1.82) is 5.26 Å². The molecule has 2 atom stereocenters. The maximum Gasteiger partial charge on any atom is 0.410 e. The molecule has 0 spiro atoms. The Morgan fingerprint density at radius 3 is 2.32 bits per heavy atom. The van der Waals surface area contributed by atoms with Gasteiger partial charge in [-0.15, -0.1) is 0 Å². The largest absolute Gasteiger partial charge is 0.444 e. The maximum atomic E-state index is 12.0. The lowest BCUT2D eigenvalue weighted by atomic mass is 10.1. The number of amides is 1. The Kier molecular flexibility index (Phi) is 4.64. The Morgan fingerprint density at radius 1 is 1.32 bits per heavy atom. The van der Waals surface area contributed by atoms with E-state index in [9.17, 15) is 10.1 Å². The van der Waals surface area contributed by atoms with Gasteiger partial charge in [0.25, 0.3) is 0 Å². The monoisotopic (exact) mass is 284 g/mol. The Bertz CT molecular complexity index is 379. The molecule has 0 aromatic carbocycles. The molecule has 19 heavy (non-hydrogen) atoms. The predicted molar refractivity (Wildman–Crippen MR) is 75.1 cm³/mol. The van der Waals surface area contributed by atoms with Crippen molar-refractivity contribution in [3.8, 4) is 6.07 Å². The number of likely N-dealkylation sites (tertiary alicyclic amines) is 1. The van der Waals surface area contributed by atoms with Crippen molar-refractivity contribution in [3.63, 3.8) is 0 Å². The van der Waals surface area contributed by atoms with E-state index in [0.29, 0.717) is 13.1 Å². The summed E-state index contributed by atoms with van der Waals surface area (Å²) in [4.78, 5) is 13.6. The first-order valence-corrected chi connectivity index (χ1v) is 9.98. The Balaban J connectivity index is 2.67. The van der Waals surface area contributed by atoms with Crippen LogP contribution in [0.25, 0.3) is 0 Å². The highest BCUT2D eigenvalue weighted by atomic mass is 28.4. The molecule has 1 heterocycles. The van der Waals surface area contributed by atoms with Crippen LogP contribution in [0.5, 0.6) is 0 Å². The highest BCUT2D eigenvalue weighted by Gasteiger charge is 2.39. The summed E-state index contributed by atoms with van der Waals surface area (Å²) >= 11 is 0. The second-order valence-electron chi connectivity index (χ2n) is 6.89. The lowest BCUT2D eigenvalue weighted by Gasteiger charge is -2.26. The normalized spacial score (nSPS) is 24.2. The molecule has 0 bridgehead atoms. The van der Waals surface area contributed by atoms with Crippen LogP contribution in [0.2, 0.25) is 19.6 Å². The molecule has 1 rings (SSSR count). The van der Waals surface area contributed by atoms with Crippen molar-refractivity contribution in [2.24, 2.45) is 5.92 Å². The van der Waals surface area contributed by atoms with Gasteiger partial charge < -0.3 is 14.1 Å². The van der Waals surface area contributed by atoms with Crippen molar-refractivity contribution in [2.75, 3.05) is 13.1 Å². The fourth-order valence-corrected chi connectivity index (χ4v) is 3.09. The number of hydrogen-bond acceptors (Lipinski definition) is 4. The van der Waals surface area contributed by atoms with Gasteiger partial charge in [0.05, 0.1) is 24.6 Å². The molecule has 0 aromatic rings. The van der Waals surface area contributed by atoms with E-state index in [4.69, 9.17) is 9.16 Å². The van der Waals surface area contributed by atoms with E-state index >= 15 is 0 Å². The molecule has 0 radical (unpaired) electrons. The fraction of sp³-hybridized carbons (Fsp3) is 0.846. The van der Waals surface area contributed by atoms with Crippen molar-refractivity contribution in [3.05, 3.63) is 0 Å². The molecule has 108 valence electrons. The quantitative estimate of drug-likeness (QED) is 0.731. The van der Waals surface area contributed by atoms with E-state index in [1.807, 2.05) is 20.8 Å². The van der Waals surface area contributed by atoms with Crippen LogP contribution in [0.15, 0.2) is 0 Å². The zero-order chi connectivity index (χ0) is 14.8. The van der Waals surface area contributed by atoms with Crippen LogP contribution >= 0.6 is 0 Å². The molecule has 1 aliphatic heterocycles. The SMILES string of the molecule is CC(C)(C)OC(=O)N1C[C@@H](C#N)[C@H](O[Si](C)(C)C)C1. The molecule has 5 nitrogen and oxygen atoms in total. The molecule has 0 saturated carbocycles.